The van der Waals surface area contributed by atoms with Gasteiger partial charge in [-0.1, -0.05) is 419 Å². The fourth-order valence-corrected chi connectivity index (χ4v) is 22.3. The van der Waals surface area contributed by atoms with E-state index in [2.05, 4.69) is 609 Å². The van der Waals surface area contributed by atoms with Crippen LogP contribution in [0.3, 0.4) is 0 Å². The number of nitrogens with zero attached hydrogens (tertiary/aromatic N) is 6. The van der Waals surface area contributed by atoms with E-state index in [0.717, 1.165) is 39.8 Å². The van der Waals surface area contributed by atoms with Gasteiger partial charge in [0.2, 0.25) is 0 Å². The molecular weight excluding hydrogens is 1780 g/mol. The lowest BCUT2D eigenvalue weighted by Crippen LogP contribution is -2.10. The van der Waals surface area contributed by atoms with Crippen LogP contribution in [0.5, 0.6) is 0 Å². The molecule has 28 rings (SSSR count). The Kier molecular flexibility index (Phi) is 23.7. The summed E-state index contributed by atoms with van der Waals surface area (Å²) in [6.45, 7) is 0. The van der Waals surface area contributed by atoms with Gasteiger partial charge in [0.1, 0.15) is 0 Å². The average Bonchev–Trinajstić information content (AvgIpc) is 1.26. The van der Waals surface area contributed by atoms with Gasteiger partial charge in [-0.05, 0) is 275 Å². The fourth-order valence-electron chi connectivity index (χ4n) is 22.3. The third kappa shape index (κ3) is 16.2. The lowest BCUT2D eigenvalue weighted by atomic mass is 9.86. The Morgan fingerprint density at radius 3 is 0.671 bits per heavy atom. The number of hydrogen-bond donors (Lipinski definition) is 0. The quantitative estimate of drug-likeness (QED) is 0.0582. The second-order valence-electron chi connectivity index (χ2n) is 36.9. The van der Waals surface area contributed by atoms with Crippen molar-refractivity contribution in [2.24, 2.45) is 4.66 Å². The molecule has 0 saturated carbocycles. The van der Waals surface area contributed by atoms with Gasteiger partial charge < -0.3 is 28.2 Å². The van der Waals surface area contributed by atoms with Crippen LogP contribution in [0.4, 0.5) is 34.1 Å². The number of benzene rings is 25. The molecule has 28 aromatic rings. The minimum absolute atomic E-state index is 1.12. The van der Waals surface area contributed by atoms with Crippen molar-refractivity contribution >= 4 is 181 Å². The van der Waals surface area contributed by atoms with E-state index >= 15 is 0 Å². The molecule has 684 valence electrons. The highest BCUT2D eigenvalue weighted by atomic mass is 31.0. The molecule has 3 heterocycles. The van der Waals surface area contributed by atoms with E-state index in [1.54, 1.807) is 0 Å². The van der Waals surface area contributed by atoms with Crippen LogP contribution in [0.2, 0.25) is 0 Å². The molecule has 0 aliphatic rings. The number of anilines is 6. The molecular formula is C138H94BN6P. The maximum atomic E-state index is 4.39. The average molecular weight is 1880 g/mol. The summed E-state index contributed by atoms with van der Waals surface area (Å²) in [7, 11) is 6.97. The molecule has 0 fully saturated rings. The van der Waals surface area contributed by atoms with Crippen molar-refractivity contribution in [1.82, 2.24) is 13.7 Å². The van der Waals surface area contributed by atoms with E-state index < -0.39 is 0 Å². The molecule has 0 unspecified atom stereocenters. The van der Waals surface area contributed by atoms with E-state index in [4.69, 9.17) is 0 Å². The van der Waals surface area contributed by atoms with Crippen LogP contribution < -0.4 is 9.80 Å². The first-order valence-corrected chi connectivity index (χ1v) is 50.1. The molecule has 0 bridgehead atoms. The zero-order valence-electron chi connectivity index (χ0n) is 80.0. The lowest BCUT2D eigenvalue weighted by Gasteiger charge is -2.27. The van der Waals surface area contributed by atoms with Crippen LogP contribution >= 0.6 is 9.03 Å². The van der Waals surface area contributed by atoms with Gasteiger partial charge in [0.05, 0.1) is 44.5 Å². The summed E-state index contributed by atoms with van der Waals surface area (Å²) in [5, 5.41) is 22.7. The van der Waals surface area contributed by atoms with Crippen LogP contribution in [0, 0.1) is 0 Å². The van der Waals surface area contributed by atoms with Crippen LogP contribution in [-0.4, -0.2) is 21.7 Å². The van der Waals surface area contributed by atoms with Crippen molar-refractivity contribution in [3.8, 4) is 83.8 Å². The van der Waals surface area contributed by atoms with Gasteiger partial charge in [0.15, 0.2) is 0 Å². The summed E-state index contributed by atoms with van der Waals surface area (Å²) in [5.41, 5.74) is 32.5. The molecule has 0 amide bonds. The minimum atomic E-state index is 1.12. The summed E-state index contributed by atoms with van der Waals surface area (Å²) in [5.74, 6) is 0. The molecule has 146 heavy (non-hydrogen) atoms. The van der Waals surface area contributed by atoms with Crippen molar-refractivity contribution < 1.29 is 0 Å². The molecule has 0 spiro atoms. The standard InChI is InChI=1S/C56H36N2.C44H32N2.C38H25N.BHNP/c1-3-15-37(16-4-1)55-45-21-7-9-23-47(45)56(48-24-10-8-22-46(48)55)38-27-31-42(32-28-38)58-52-26-14-12-20-44(52)50-36-40(30-34-54(50)58)39-29-33-53-49(35-39)43-19-11-13-25-51(43)57(53)41-17-5-2-6-18-41;1-3-17-37(18-4-1)45(43-23-11-15-35-13-7-9-21-41(35)43)39-29-25-33(26-30-39)34-27-31-40(32-28-34)46(38-19-5-2-6-20-38)44-24-12-16-36-14-8-10-22-42(36)44;1-2-12-26(13-3-1)37-31-16-4-6-18-33(31)38(34-19-7-5-17-32(34)37)27-22-24-28(25-23-27)39-35-20-10-8-14-29(35)30-15-9-11-21-36(30)39;1-2-3/h1-36H;1-32H;1-25H;3H. The van der Waals surface area contributed by atoms with Crippen molar-refractivity contribution in [2.45, 2.75) is 0 Å². The molecule has 0 saturated heterocycles. The molecule has 2 radical (unpaired) electrons. The zero-order valence-corrected chi connectivity index (χ0v) is 81.0. The second kappa shape index (κ2) is 39.0. The largest absolute Gasteiger partial charge is 0.344 e. The van der Waals surface area contributed by atoms with E-state index in [1.807, 2.05) is 0 Å². The maximum Gasteiger partial charge on any atom is 0.265 e. The highest BCUT2D eigenvalue weighted by Crippen LogP contribution is 2.50. The van der Waals surface area contributed by atoms with Gasteiger partial charge in [-0.2, -0.15) is 0 Å². The number of aromatic nitrogens is 3. The summed E-state index contributed by atoms with van der Waals surface area (Å²) in [4.78, 5) is 4.69. The Hall–Kier alpha value is -18.8. The predicted octanol–water partition coefficient (Wildman–Crippen LogP) is 38.6. The van der Waals surface area contributed by atoms with Crippen LogP contribution in [0.15, 0.2) is 569 Å². The highest BCUT2D eigenvalue weighted by Gasteiger charge is 2.25. The molecule has 8 heteroatoms. The van der Waals surface area contributed by atoms with E-state index in [0.29, 0.717) is 0 Å². The van der Waals surface area contributed by atoms with Gasteiger partial charge in [0.25, 0.3) is 7.98 Å². The first-order chi connectivity index (χ1) is 72.4. The molecule has 0 aliphatic heterocycles. The van der Waals surface area contributed by atoms with Gasteiger partial charge in [-0.25, -0.2) is 0 Å². The first-order valence-electron chi connectivity index (χ1n) is 49.7. The summed E-state index contributed by atoms with van der Waals surface area (Å²) >= 11 is 0. The molecule has 0 N–H and O–H groups in total. The summed E-state index contributed by atoms with van der Waals surface area (Å²) < 4.78 is 9.98. The predicted molar refractivity (Wildman–Crippen MR) is 626 cm³/mol. The van der Waals surface area contributed by atoms with Crippen LogP contribution in [0.25, 0.3) is 214 Å². The third-order valence-corrected chi connectivity index (χ3v) is 28.7. The summed E-state index contributed by atoms with van der Waals surface area (Å²) in [6, 6.07) is 204. The molecule has 3 aromatic heterocycles. The Labute approximate surface area is 851 Å². The van der Waals surface area contributed by atoms with Crippen molar-refractivity contribution in [2.75, 3.05) is 9.80 Å². The maximum absolute atomic E-state index is 4.39. The molecule has 0 atom stereocenters. The summed E-state index contributed by atoms with van der Waals surface area (Å²) in [6.07, 6.45) is 0. The Bertz CT molecular complexity index is 9410. The molecule has 25 aromatic carbocycles. The lowest BCUT2D eigenvalue weighted by molar-refractivity contribution is 1.18. The Balaban J connectivity index is 0.000000115. The molecule has 6 nitrogen and oxygen atoms in total. The van der Waals surface area contributed by atoms with E-state index in [1.165, 1.54) is 208 Å². The van der Waals surface area contributed by atoms with E-state index in [9.17, 15) is 0 Å². The third-order valence-electron chi connectivity index (χ3n) is 28.7. The Morgan fingerprint density at radius 2 is 0.363 bits per heavy atom. The fraction of sp³-hybridized carbons (Fsp3) is 0. The minimum Gasteiger partial charge on any atom is -0.344 e. The normalized spacial score (nSPS) is 11.3. The van der Waals surface area contributed by atoms with Gasteiger partial charge in [0, 0.05) is 82.9 Å². The zero-order chi connectivity index (χ0) is 97.3. The number of hydrogen-bond acceptors (Lipinski definition) is 3. The first kappa shape index (κ1) is 88.6. The Morgan fingerprint density at radius 1 is 0.158 bits per heavy atom. The smallest absolute Gasteiger partial charge is 0.265 e. The number of rotatable bonds is 15. The molecule has 0 aliphatic carbocycles. The SMILES string of the molecule is [B]N=P.c1ccc(-c2c3ccccc3c(-c3ccc(-n4c5ccccc5c5cc(-c6ccc7c(c6)c6ccccc6n7-c6ccccc6)ccc54)cc3)c3ccccc23)cc1.c1ccc(-c2c3ccccc3c(-c3ccc(-n4c5ccccc5c5ccccc54)cc3)c3ccccc23)cc1.c1ccc(N(c2ccc(-c3ccc(N(c4ccccc4)c4cccc5ccccc45)cc3)cc2)c2cccc3ccccc23)cc1. The number of fused-ring (bicyclic) bond motifs is 15. The van der Waals surface area contributed by atoms with Crippen molar-refractivity contribution in [3.05, 3.63) is 564 Å². The second-order valence-corrected chi connectivity index (χ2v) is 37.2. The van der Waals surface area contributed by atoms with Crippen LogP contribution in [-0.2, 0) is 0 Å². The van der Waals surface area contributed by atoms with Gasteiger partial charge in [-0.15, -0.1) is 0 Å². The van der Waals surface area contributed by atoms with Gasteiger partial charge >= 0.3 is 0 Å². The van der Waals surface area contributed by atoms with E-state index in [-0.39, 0.29) is 0 Å². The monoisotopic (exact) mass is 1880 g/mol. The highest BCUT2D eigenvalue weighted by molar-refractivity contribution is 7.05. The topological polar surface area (TPSA) is 33.6 Å². The van der Waals surface area contributed by atoms with Gasteiger partial charge in [-0.3, -0.25) is 0 Å². The van der Waals surface area contributed by atoms with Crippen molar-refractivity contribution in [3.63, 3.8) is 0 Å². The van der Waals surface area contributed by atoms with Crippen LogP contribution in [0.1, 0.15) is 0 Å². The number of para-hydroxylation sites is 7. The van der Waals surface area contributed by atoms with Crippen molar-refractivity contribution in [1.29, 1.82) is 0 Å².